The SMILES string of the molecule is Cc1ccc(S(=O)(=O)OC[C@@H]2CC[C@@H](OC(=O)c3cc(OCc4ccccc4)c(OCc4ccccc4)c(OCc4ccccc4)c3)[C@H](c3ccc(O)cc3)O2)cc1. The van der Waals surface area contributed by atoms with Crippen LogP contribution in [0.15, 0.2) is 157 Å². The van der Waals surface area contributed by atoms with Gasteiger partial charge in [0, 0.05) is 0 Å². The van der Waals surface area contributed by atoms with Gasteiger partial charge in [0.1, 0.15) is 37.8 Å². The Balaban J connectivity index is 1.15. The highest BCUT2D eigenvalue weighted by Crippen LogP contribution is 2.42. The molecule has 1 aliphatic rings. The van der Waals surface area contributed by atoms with E-state index in [1.165, 1.54) is 24.3 Å². The van der Waals surface area contributed by atoms with Crippen molar-refractivity contribution in [3.8, 4) is 23.0 Å². The largest absolute Gasteiger partial charge is 0.508 e. The van der Waals surface area contributed by atoms with Crippen molar-refractivity contribution in [2.75, 3.05) is 6.61 Å². The van der Waals surface area contributed by atoms with Gasteiger partial charge in [-0.15, -0.1) is 0 Å². The van der Waals surface area contributed by atoms with Gasteiger partial charge in [-0.25, -0.2) is 4.79 Å². The number of rotatable bonds is 16. The molecule has 10 nitrogen and oxygen atoms in total. The molecular weight excluding hydrogens is 757 g/mol. The number of aromatic hydroxyl groups is 1. The normalized spacial score (nSPS) is 16.6. The number of aryl methyl sites for hydroxylation is 1. The van der Waals surface area contributed by atoms with Crippen molar-refractivity contribution in [2.45, 2.75) is 62.8 Å². The summed E-state index contributed by atoms with van der Waals surface area (Å²) in [5.41, 5.74) is 4.48. The number of hydrogen-bond acceptors (Lipinski definition) is 10. The second kappa shape index (κ2) is 18.9. The minimum Gasteiger partial charge on any atom is -0.508 e. The Bertz CT molecular complexity index is 2290. The van der Waals surface area contributed by atoms with Crippen LogP contribution in [-0.4, -0.2) is 38.3 Å². The molecule has 1 heterocycles. The number of hydrogen-bond donors (Lipinski definition) is 1. The van der Waals surface area contributed by atoms with Crippen molar-refractivity contribution in [3.63, 3.8) is 0 Å². The van der Waals surface area contributed by atoms with Gasteiger partial charge in [0.2, 0.25) is 5.75 Å². The molecule has 0 amide bonds. The summed E-state index contributed by atoms with van der Waals surface area (Å²) in [5, 5.41) is 10.0. The summed E-state index contributed by atoms with van der Waals surface area (Å²) in [4.78, 5) is 14.3. The topological polar surface area (TPSA) is 127 Å². The molecule has 7 rings (SSSR count). The minimum absolute atomic E-state index is 0.0477. The molecule has 58 heavy (non-hydrogen) atoms. The van der Waals surface area contributed by atoms with E-state index in [2.05, 4.69) is 0 Å². The van der Waals surface area contributed by atoms with E-state index in [1.54, 1.807) is 36.4 Å². The Morgan fingerprint density at radius 3 is 1.72 bits per heavy atom. The lowest BCUT2D eigenvalue weighted by Gasteiger charge is -2.36. The maximum absolute atomic E-state index is 14.2. The zero-order valence-electron chi connectivity index (χ0n) is 31.9. The first kappa shape index (κ1) is 40.1. The number of phenols is 1. The van der Waals surface area contributed by atoms with E-state index < -0.39 is 34.4 Å². The van der Waals surface area contributed by atoms with Gasteiger partial charge in [0.15, 0.2) is 11.5 Å². The highest BCUT2D eigenvalue weighted by Gasteiger charge is 2.37. The van der Waals surface area contributed by atoms with E-state index in [0.717, 1.165) is 22.3 Å². The first-order valence-corrected chi connectivity index (χ1v) is 20.4. The molecule has 11 heteroatoms. The number of carbonyl (C=O) groups is 1. The maximum Gasteiger partial charge on any atom is 0.338 e. The summed E-state index contributed by atoms with van der Waals surface area (Å²) in [5.74, 6) is 0.313. The van der Waals surface area contributed by atoms with E-state index in [-0.39, 0.29) is 42.6 Å². The van der Waals surface area contributed by atoms with E-state index in [0.29, 0.717) is 35.7 Å². The van der Waals surface area contributed by atoms with Gasteiger partial charge in [0.25, 0.3) is 10.1 Å². The fraction of sp³-hybridized carbons (Fsp3) is 0.213. The summed E-state index contributed by atoms with van der Waals surface area (Å²) in [6.45, 7) is 2.25. The zero-order chi connectivity index (χ0) is 40.3. The number of benzene rings is 6. The predicted octanol–water partition coefficient (Wildman–Crippen LogP) is 9.29. The lowest BCUT2D eigenvalue weighted by atomic mass is 9.95. The maximum atomic E-state index is 14.2. The Kier molecular flexibility index (Phi) is 13.0. The summed E-state index contributed by atoms with van der Waals surface area (Å²) >= 11 is 0. The first-order valence-electron chi connectivity index (χ1n) is 19.0. The minimum atomic E-state index is -4.04. The van der Waals surface area contributed by atoms with Crippen LogP contribution in [0.4, 0.5) is 0 Å². The smallest absolute Gasteiger partial charge is 0.338 e. The standard InChI is InChI=1S/C47H44O10S/c1-33-17-24-41(25-18-33)58(50,51)55-32-40-23-26-42(45(56-40)37-19-21-39(48)22-20-37)57-47(49)38-27-43(52-29-34-11-5-2-6-12-34)46(54-31-36-15-9-4-10-16-36)44(28-38)53-30-35-13-7-3-8-14-35/h2-22,24-25,27-28,40,42,45,48H,23,26,29-32H2,1H3/t40-,42+,45-/m0/s1. The number of carbonyl (C=O) groups excluding carboxylic acids is 1. The zero-order valence-corrected chi connectivity index (χ0v) is 32.8. The van der Waals surface area contributed by atoms with Crippen molar-refractivity contribution in [1.82, 2.24) is 0 Å². The third-order valence-electron chi connectivity index (χ3n) is 9.61. The molecule has 0 radical (unpaired) electrons. The monoisotopic (exact) mass is 800 g/mol. The molecule has 0 bridgehead atoms. The second-order valence-corrected chi connectivity index (χ2v) is 15.6. The molecule has 298 valence electrons. The summed E-state index contributed by atoms with van der Waals surface area (Å²) < 4.78 is 63.2. The highest BCUT2D eigenvalue weighted by molar-refractivity contribution is 7.86. The van der Waals surface area contributed by atoms with E-state index in [4.69, 9.17) is 27.9 Å². The van der Waals surface area contributed by atoms with Crippen LogP contribution in [0.1, 0.15) is 57.1 Å². The second-order valence-electron chi connectivity index (χ2n) is 14.0. The predicted molar refractivity (Wildman–Crippen MR) is 217 cm³/mol. The fourth-order valence-corrected chi connectivity index (χ4v) is 7.40. The van der Waals surface area contributed by atoms with Crippen LogP contribution in [-0.2, 0) is 43.6 Å². The average Bonchev–Trinajstić information content (AvgIpc) is 3.25. The molecule has 1 saturated heterocycles. The Morgan fingerprint density at radius 1 is 0.672 bits per heavy atom. The first-order chi connectivity index (χ1) is 28.2. The average molecular weight is 801 g/mol. The van der Waals surface area contributed by atoms with Crippen molar-refractivity contribution >= 4 is 16.1 Å². The van der Waals surface area contributed by atoms with Gasteiger partial charge in [-0.05, 0) is 78.4 Å². The van der Waals surface area contributed by atoms with E-state index in [9.17, 15) is 18.3 Å². The van der Waals surface area contributed by atoms with Gasteiger partial charge in [-0.1, -0.05) is 121 Å². The Hall–Kier alpha value is -6.14. The molecule has 0 unspecified atom stereocenters. The highest BCUT2D eigenvalue weighted by atomic mass is 32.2. The molecular formula is C47H44O10S. The molecule has 0 aromatic heterocycles. The van der Waals surface area contributed by atoms with Crippen LogP contribution in [0.3, 0.4) is 0 Å². The van der Waals surface area contributed by atoms with Crippen molar-refractivity contribution < 1.29 is 46.2 Å². The lowest BCUT2D eigenvalue weighted by molar-refractivity contribution is -0.133. The molecule has 1 N–H and O–H groups in total. The quantitative estimate of drug-likeness (QED) is 0.0748. The van der Waals surface area contributed by atoms with E-state index in [1.807, 2.05) is 97.9 Å². The molecule has 3 atom stereocenters. The van der Waals surface area contributed by atoms with Crippen molar-refractivity contribution in [1.29, 1.82) is 0 Å². The van der Waals surface area contributed by atoms with Gasteiger partial charge in [-0.3, -0.25) is 4.18 Å². The van der Waals surface area contributed by atoms with Crippen LogP contribution >= 0.6 is 0 Å². The molecule has 0 spiro atoms. The van der Waals surface area contributed by atoms with Gasteiger partial charge in [-0.2, -0.15) is 8.42 Å². The van der Waals surface area contributed by atoms with Crippen LogP contribution < -0.4 is 14.2 Å². The van der Waals surface area contributed by atoms with Crippen LogP contribution in [0.25, 0.3) is 0 Å². The van der Waals surface area contributed by atoms with Crippen molar-refractivity contribution in [3.05, 3.63) is 185 Å². The molecule has 6 aromatic rings. The third kappa shape index (κ3) is 10.6. The third-order valence-corrected chi connectivity index (χ3v) is 10.9. The van der Waals surface area contributed by atoms with Gasteiger partial charge >= 0.3 is 5.97 Å². The van der Waals surface area contributed by atoms with Crippen LogP contribution in [0.5, 0.6) is 23.0 Å². The fourth-order valence-electron chi connectivity index (χ4n) is 6.46. The van der Waals surface area contributed by atoms with Gasteiger partial charge in [0.05, 0.1) is 23.2 Å². The van der Waals surface area contributed by atoms with Crippen molar-refractivity contribution in [2.24, 2.45) is 0 Å². The number of esters is 1. The summed E-state index contributed by atoms with van der Waals surface area (Å²) in [6, 6.07) is 45.0. The molecule has 6 aromatic carbocycles. The lowest BCUT2D eigenvalue weighted by Crippen LogP contribution is -2.38. The summed E-state index contributed by atoms with van der Waals surface area (Å²) in [6.07, 6.45) is -1.53. The summed E-state index contributed by atoms with van der Waals surface area (Å²) in [7, 11) is -4.04. The van der Waals surface area contributed by atoms with E-state index >= 15 is 0 Å². The Labute approximate surface area is 338 Å². The van der Waals surface area contributed by atoms with Crippen LogP contribution in [0.2, 0.25) is 0 Å². The molecule has 0 saturated carbocycles. The Morgan fingerprint density at radius 2 is 1.19 bits per heavy atom. The molecule has 1 fully saturated rings. The van der Waals surface area contributed by atoms with Crippen LogP contribution in [0, 0.1) is 6.92 Å². The number of ether oxygens (including phenoxy) is 5. The molecule has 0 aliphatic carbocycles. The van der Waals surface area contributed by atoms with Gasteiger partial charge < -0.3 is 28.8 Å². The number of phenolic OH excluding ortho intramolecular Hbond substituents is 1. The molecule has 1 aliphatic heterocycles.